The van der Waals surface area contributed by atoms with Crippen LogP contribution in [0.4, 0.5) is 0 Å². The van der Waals surface area contributed by atoms with Gasteiger partial charge in [0.2, 0.25) is 0 Å². The molecule has 0 amide bonds. The van der Waals surface area contributed by atoms with E-state index in [0.717, 1.165) is 5.20 Å². The van der Waals surface area contributed by atoms with Crippen molar-refractivity contribution in [1.82, 2.24) is 0 Å². The average Bonchev–Trinajstić information content (AvgIpc) is 2.06. The Morgan fingerprint density at radius 1 is 1.00 bits per heavy atom. The first-order valence-corrected chi connectivity index (χ1v) is 8.24. The number of rotatable bonds is 1. The fourth-order valence-electron chi connectivity index (χ4n) is 1.42. The van der Waals surface area contributed by atoms with Gasteiger partial charge < -0.3 is 0 Å². The molecule has 1 rings (SSSR count). The molecular formula is C11H16O2Si. The summed E-state index contributed by atoms with van der Waals surface area (Å²) in [7, 11) is -1.68. The van der Waals surface area contributed by atoms with Gasteiger partial charge in [-0.25, -0.2) is 0 Å². The van der Waals surface area contributed by atoms with Crippen molar-refractivity contribution in [2.45, 2.75) is 33.5 Å². The van der Waals surface area contributed by atoms with E-state index in [1.54, 1.807) is 13.8 Å². The summed E-state index contributed by atoms with van der Waals surface area (Å²) < 4.78 is 0. The molecule has 0 atom stereocenters. The Kier molecular flexibility index (Phi) is 2.63. The van der Waals surface area contributed by atoms with Crippen LogP contribution in [0.25, 0.3) is 0 Å². The van der Waals surface area contributed by atoms with E-state index in [1.165, 1.54) is 6.08 Å². The SMILES string of the molecule is CC1=C(C)C(=O)C([Si](C)(C)C)=CC1=O. The molecule has 0 aromatic heterocycles. The smallest absolute Gasteiger partial charge is 0.181 e. The molecule has 0 aromatic rings. The Hall–Kier alpha value is -0.963. The second-order valence-electron chi connectivity index (χ2n) is 4.75. The lowest BCUT2D eigenvalue weighted by atomic mass is 9.97. The van der Waals surface area contributed by atoms with E-state index >= 15 is 0 Å². The summed E-state index contributed by atoms with van der Waals surface area (Å²) in [5, 5.41) is 0.755. The fraction of sp³-hybridized carbons (Fsp3) is 0.455. The Bertz CT molecular complexity index is 367. The van der Waals surface area contributed by atoms with Crippen molar-refractivity contribution >= 4 is 19.6 Å². The Balaban J connectivity index is 3.24. The van der Waals surface area contributed by atoms with E-state index in [4.69, 9.17) is 0 Å². The number of ketones is 2. The Morgan fingerprint density at radius 3 is 1.93 bits per heavy atom. The molecule has 14 heavy (non-hydrogen) atoms. The van der Waals surface area contributed by atoms with Crippen LogP contribution in [0.3, 0.4) is 0 Å². The highest BCUT2D eigenvalue weighted by molar-refractivity contribution is 6.88. The van der Waals surface area contributed by atoms with E-state index in [-0.39, 0.29) is 11.6 Å². The summed E-state index contributed by atoms with van der Waals surface area (Å²) in [6, 6.07) is 0. The first-order valence-electron chi connectivity index (χ1n) is 4.74. The zero-order chi connectivity index (χ0) is 11.1. The van der Waals surface area contributed by atoms with Gasteiger partial charge in [-0.2, -0.15) is 0 Å². The minimum atomic E-state index is -1.68. The molecular weight excluding hydrogens is 192 g/mol. The maximum Gasteiger partial charge on any atom is 0.181 e. The molecule has 1 aliphatic rings. The molecule has 1 aliphatic carbocycles. The van der Waals surface area contributed by atoms with Crippen molar-refractivity contribution in [3.05, 3.63) is 22.4 Å². The summed E-state index contributed by atoms with van der Waals surface area (Å²) in [5.41, 5.74) is 1.21. The van der Waals surface area contributed by atoms with Crippen LogP contribution in [0, 0.1) is 0 Å². The molecule has 0 heterocycles. The molecule has 0 fully saturated rings. The topological polar surface area (TPSA) is 34.1 Å². The number of carbonyl (C=O) groups excluding carboxylic acids is 2. The summed E-state index contributed by atoms with van der Waals surface area (Å²) in [6.07, 6.45) is 1.54. The van der Waals surface area contributed by atoms with Crippen molar-refractivity contribution in [2.24, 2.45) is 0 Å². The fourth-order valence-corrected chi connectivity index (χ4v) is 2.85. The van der Waals surface area contributed by atoms with Gasteiger partial charge in [0.05, 0.1) is 8.07 Å². The summed E-state index contributed by atoms with van der Waals surface area (Å²) in [5.74, 6) is 0.0702. The first-order chi connectivity index (χ1) is 6.25. The molecule has 0 radical (unpaired) electrons. The summed E-state index contributed by atoms with van der Waals surface area (Å²) in [6.45, 7) is 9.70. The Morgan fingerprint density at radius 2 is 1.50 bits per heavy atom. The maximum absolute atomic E-state index is 11.9. The minimum absolute atomic E-state index is 0.000440. The third-order valence-electron chi connectivity index (χ3n) is 2.60. The average molecular weight is 208 g/mol. The molecule has 2 nitrogen and oxygen atoms in total. The van der Waals surface area contributed by atoms with Crippen LogP contribution in [0.15, 0.2) is 22.4 Å². The van der Waals surface area contributed by atoms with Gasteiger partial charge >= 0.3 is 0 Å². The molecule has 0 saturated carbocycles. The predicted octanol–water partition coefficient (Wildman–Crippen LogP) is 2.28. The number of Topliss-reactive ketones (excluding diaryl/α,β-unsaturated/α-hetero) is 1. The number of allylic oxidation sites excluding steroid dienone is 4. The predicted molar refractivity (Wildman–Crippen MR) is 59.8 cm³/mol. The molecule has 0 aromatic carbocycles. The quantitative estimate of drug-likeness (QED) is 0.489. The van der Waals surface area contributed by atoms with Gasteiger partial charge in [-0.15, -0.1) is 0 Å². The van der Waals surface area contributed by atoms with E-state index in [1.807, 2.05) is 0 Å². The van der Waals surface area contributed by atoms with Crippen LogP contribution < -0.4 is 0 Å². The van der Waals surface area contributed by atoms with Crippen LogP contribution >= 0.6 is 0 Å². The van der Waals surface area contributed by atoms with Crippen LogP contribution in [0.5, 0.6) is 0 Å². The van der Waals surface area contributed by atoms with Crippen LogP contribution in [-0.4, -0.2) is 19.6 Å². The molecule has 3 heteroatoms. The van der Waals surface area contributed by atoms with Gasteiger partial charge in [0, 0.05) is 11.1 Å². The second-order valence-corrected chi connectivity index (χ2v) is 9.79. The van der Waals surface area contributed by atoms with Gasteiger partial charge in [-0.1, -0.05) is 19.6 Å². The van der Waals surface area contributed by atoms with E-state index in [0.29, 0.717) is 11.1 Å². The minimum Gasteiger partial charge on any atom is -0.290 e. The highest BCUT2D eigenvalue weighted by atomic mass is 28.3. The zero-order valence-electron chi connectivity index (χ0n) is 9.39. The lowest BCUT2D eigenvalue weighted by molar-refractivity contribution is -0.115. The van der Waals surface area contributed by atoms with E-state index < -0.39 is 8.07 Å². The van der Waals surface area contributed by atoms with Gasteiger partial charge in [-0.3, -0.25) is 9.59 Å². The molecule has 0 N–H and O–H groups in total. The third kappa shape index (κ3) is 1.77. The monoisotopic (exact) mass is 208 g/mol. The lowest BCUT2D eigenvalue weighted by Gasteiger charge is -2.23. The van der Waals surface area contributed by atoms with Gasteiger partial charge in [0.25, 0.3) is 0 Å². The summed E-state index contributed by atoms with van der Waals surface area (Å²) in [4.78, 5) is 23.4. The van der Waals surface area contributed by atoms with Crippen molar-refractivity contribution in [2.75, 3.05) is 0 Å². The number of hydrogen-bond acceptors (Lipinski definition) is 2. The van der Waals surface area contributed by atoms with Gasteiger partial charge in [-0.05, 0) is 25.1 Å². The zero-order valence-corrected chi connectivity index (χ0v) is 10.4. The van der Waals surface area contributed by atoms with Gasteiger partial charge in [0.1, 0.15) is 0 Å². The number of carbonyl (C=O) groups is 2. The van der Waals surface area contributed by atoms with E-state index in [9.17, 15) is 9.59 Å². The summed E-state index contributed by atoms with van der Waals surface area (Å²) >= 11 is 0. The molecule has 0 saturated heterocycles. The van der Waals surface area contributed by atoms with Crippen molar-refractivity contribution in [3.8, 4) is 0 Å². The maximum atomic E-state index is 11.9. The number of hydrogen-bond donors (Lipinski definition) is 0. The first kappa shape index (κ1) is 11.1. The van der Waals surface area contributed by atoms with Crippen molar-refractivity contribution < 1.29 is 9.59 Å². The van der Waals surface area contributed by atoms with Crippen LogP contribution in [0.1, 0.15) is 13.8 Å². The molecule has 0 bridgehead atoms. The Labute approximate surface area is 85.7 Å². The highest BCUT2D eigenvalue weighted by Crippen LogP contribution is 2.25. The van der Waals surface area contributed by atoms with Gasteiger partial charge in [0.15, 0.2) is 11.6 Å². The van der Waals surface area contributed by atoms with Crippen LogP contribution in [-0.2, 0) is 9.59 Å². The van der Waals surface area contributed by atoms with Crippen molar-refractivity contribution in [1.29, 1.82) is 0 Å². The van der Waals surface area contributed by atoms with E-state index in [2.05, 4.69) is 19.6 Å². The molecule has 0 spiro atoms. The molecule has 0 aliphatic heterocycles. The van der Waals surface area contributed by atoms with Crippen LogP contribution in [0.2, 0.25) is 19.6 Å². The second kappa shape index (κ2) is 3.31. The van der Waals surface area contributed by atoms with Crippen molar-refractivity contribution in [3.63, 3.8) is 0 Å². The highest BCUT2D eigenvalue weighted by Gasteiger charge is 2.31. The normalized spacial score (nSPS) is 18.8. The third-order valence-corrected chi connectivity index (χ3v) is 4.59. The standard InChI is InChI=1S/C11H16O2Si/c1-7-8(2)11(13)10(6-9(7)12)14(3,4)5/h6H,1-5H3. The largest absolute Gasteiger partial charge is 0.290 e. The molecule has 0 unspecified atom stereocenters. The lowest BCUT2D eigenvalue weighted by Crippen LogP contribution is -2.33. The molecule has 76 valence electrons.